The normalized spacial score (nSPS) is 23.1. The van der Waals surface area contributed by atoms with Gasteiger partial charge < -0.3 is 5.11 Å². The second kappa shape index (κ2) is 7.18. The lowest BCUT2D eigenvalue weighted by atomic mass is 9.86. The van der Waals surface area contributed by atoms with Crippen molar-refractivity contribution >= 4 is 11.3 Å². The summed E-state index contributed by atoms with van der Waals surface area (Å²) in [4.78, 5) is 11.0. The van der Waals surface area contributed by atoms with Crippen molar-refractivity contribution in [2.75, 3.05) is 32.8 Å². The number of nitrogens with zero attached hydrogens (tertiary/aromatic N) is 3. The predicted octanol–water partition coefficient (Wildman–Crippen LogP) is 2.30. The Morgan fingerprint density at radius 1 is 1.33 bits per heavy atom. The molecule has 1 unspecified atom stereocenters. The van der Waals surface area contributed by atoms with Crippen LogP contribution in [0.25, 0.3) is 0 Å². The smallest absolute Gasteiger partial charge is 0.0959 e. The Kier molecular flexibility index (Phi) is 5.27. The van der Waals surface area contributed by atoms with Gasteiger partial charge in [-0.3, -0.25) is 9.80 Å². The van der Waals surface area contributed by atoms with Gasteiger partial charge in [-0.05, 0) is 19.3 Å². The van der Waals surface area contributed by atoms with Crippen molar-refractivity contribution in [1.82, 2.24) is 14.8 Å². The Bertz CT molecular complexity index is 434. The summed E-state index contributed by atoms with van der Waals surface area (Å²) in [5.74, 6) is 0.760. The van der Waals surface area contributed by atoms with E-state index in [-0.39, 0.29) is 6.61 Å². The highest BCUT2D eigenvalue weighted by atomic mass is 32.1. The summed E-state index contributed by atoms with van der Waals surface area (Å²) in [6.45, 7) is 7.86. The highest BCUT2D eigenvalue weighted by Crippen LogP contribution is 2.38. The number of aliphatic hydroxyl groups excluding tert-OH is 1. The lowest BCUT2D eigenvalue weighted by molar-refractivity contribution is 0.0612. The summed E-state index contributed by atoms with van der Waals surface area (Å²) in [6.07, 6.45) is 7.19. The highest BCUT2D eigenvalue weighted by molar-refractivity contribution is 7.11. The maximum atomic E-state index is 9.40. The van der Waals surface area contributed by atoms with Crippen LogP contribution in [0.15, 0.2) is 6.20 Å². The van der Waals surface area contributed by atoms with Gasteiger partial charge in [-0.15, -0.1) is 11.3 Å². The van der Waals surface area contributed by atoms with E-state index < -0.39 is 0 Å². The van der Waals surface area contributed by atoms with Crippen LogP contribution in [0.1, 0.15) is 48.4 Å². The molecule has 3 rings (SSSR count). The van der Waals surface area contributed by atoms with E-state index in [0.717, 1.165) is 45.1 Å². The molecule has 118 valence electrons. The van der Waals surface area contributed by atoms with Crippen LogP contribution < -0.4 is 0 Å². The van der Waals surface area contributed by atoms with E-state index in [4.69, 9.17) is 0 Å². The zero-order valence-corrected chi connectivity index (χ0v) is 13.8. The average Bonchev–Trinajstić information content (AvgIpc) is 2.88. The maximum absolute atomic E-state index is 9.40. The molecule has 2 fully saturated rings. The molecule has 0 amide bonds. The molecule has 0 spiro atoms. The van der Waals surface area contributed by atoms with E-state index in [1.165, 1.54) is 29.1 Å². The van der Waals surface area contributed by atoms with E-state index in [1.54, 1.807) is 0 Å². The molecule has 1 atom stereocenters. The molecule has 0 bridgehead atoms. The number of thiazole rings is 1. The van der Waals surface area contributed by atoms with Gasteiger partial charge in [0.25, 0.3) is 0 Å². The molecule has 2 aliphatic rings. The second-order valence-corrected chi connectivity index (χ2v) is 7.50. The molecular formula is C16H27N3OS. The van der Waals surface area contributed by atoms with Crippen LogP contribution in [0.3, 0.4) is 0 Å². The Balaban J connectivity index is 1.47. The number of aromatic nitrogens is 1. The lowest BCUT2D eigenvalue weighted by Gasteiger charge is -2.38. The standard InChI is InChI=1S/C16H27N3OS/c1-2-14(12-20)19-8-6-18(7-9-19)11-15-10-17-16(21-15)13-4-3-5-13/h10,13-14,20H,2-9,11-12H2,1H3. The zero-order valence-electron chi connectivity index (χ0n) is 13.0. The molecule has 4 nitrogen and oxygen atoms in total. The average molecular weight is 309 g/mol. The molecule has 0 aromatic carbocycles. The molecule has 2 heterocycles. The van der Waals surface area contributed by atoms with Crippen molar-refractivity contribution in [1.29, 1.82) is 0 Å². The van der Waals surface area contributed by atoms with Gasteiger partial charge in [-0.2, -0.15) is 0 Å². The number of aliphatic hydroxyl groups is 1. The number of hydrogen-bond acceptors (Lipinski definition) is 5. The molecule has 1 saturated carbocycles. The van der Waals surface area contributed by atoms with Gasteiger partial charge in [0, 0.05) is 55.8 Å². The van der Waals surface area contributed by atoms with Crippen molar-refractivity contribution in [3.8, 4) is 0 Å². The summed E-state index contributed by atoms with van der Waals surface area (Å²) < 4.78 is 0. The Hall–Kier alpha value is -0.490. The Morgan fingerprint density at radius 2 is 2.10 bits per heavy atom. The largest absolute Gasteiger partial charge is 0.395 e. The predicted molar refractivity (Wildman–Crippen MR) is 86.7 cm³/mol. The second-order valence-electron chi connectivity index (χ2n) is 6.35. The molecule has 0 radical (unpaired) electrons. The van der Waals surface area contributed by atoms with E-state index >= 15 is 0 Å². The van der Waals surface area contributed by atoms with Crippen molar-refractivity contribution in [3.63, 3.8) is 0 Å². The Morgan fingerprint density at radius 3 is 2.67 bits per heavy atom. The molecule has 1 aliphatic carbocycles. The molecule has 1 aliphatic heterocycles. The van der Waals surface area contributed by atoms with Crippen molar-refractivity contribution in [3.05, 3.63) is 16.1 Å². The molecule has 1 aromatic rings. The Labute approximate surface area is 131 Å². The highest BCUT2D eigenvalue weighted by Gasteiger charge is 2.24. The van der Waals surface area contributed by atoms with E-state index in [1.807, 2.05) is 11.3 Å². The molecule has 5 heteroatoms. The van der Waals surface area contributed by atoms with Crippen molar-refractivity contribution < 1.29 is 5.11 Å². The third-order valence-corrected chi connectivity index (χ3v) is 6.16. The quantitative estimate of drug-likeness (QED) is 0.875. The third kappa shape index (κ3) is 3.65. The van der Waals surface area contributed by atoms with Gasteiger partial charge in [0.05, 0.1) is 11.6 Å². The maximum Gasteiger partial charge on any atom is 0.0959 e. The first-order valence-electron chi connectivity index (χ1n) is 8.32. The first-order chi connectivity index (χ1) is 10.3. The van der Waals surface area contributed by atoms with Gasteiger partial charge in [-0.1, -0.05) is 13.3 Å². The van der Waals surface area contributed by atoms with E-state index in [2.05, 4.69) is 27.9 Å². The molecule has 1 aromatic heterocycles. The van der Waals surface area contributed by atoms with Crippen LogP contribution in [0, 0.1) is 0 Å². The molecule has 1 saturated heterocycles. The third-order valence-electron chi connectivity index (χ3n) is 5.01. The van der Waals surface area contributed by atoms with Crippen LogP contribution >= 0.6 is 11.3 Å². The minimum atomic E-state index is 0.288. The van der Waals surface area contributed by atoms with Crippen molar-refractivity contribution in [2.45, 2.75) is 51.1 Å². The zero-order chi connectivity index (χ0) is 14.7. The van der Waals surface area contributed by atoms with Gasteiger partial charge in [0.1, 0.15) is 0 Å². The minimum Gasteiger partial charge on any atom is -0.395 e. The fourth-order valence-electron chi connectivity index (χ4n) is 3.25. The van der Waals surface area contributed by atoms with Crippen LogP contribution in [0.2, 0.25) is 0 Å². The SMILES string of the molecule is CCC(CO)N1CCN(Cc2cnc(C3CCC3)s2)CC1. The monoisotopic (exact) mass is 309 g/mol. The summed E-state index contributed by atoms with van der Waals surface area (Å²) in [5, 5.41) is 10.8. The fraction of sp³-hybridized carbons (Fsp3) is 0.812. The van der Waals surface area contributed by atoms with Gasteiger partial charge >= 0.3 is 0 Å². The first kappa shape index (κ1) is 15.4. The van der Waals surface area contributed by atoms with Crippen molar-refractivity contribution in [2.24, 2.45) is 0 Å². The molecular weight excluding hydrogens is 282 g/mol. The fourth-order valence-corrected chi connectivity index (χ4v) is 4.38. The first-order valence-corrected chi connectivity index (χ1v) is 9.13. The molecule has 1 N–H and O–H groups in total. The summed E-state index contributed by atoms with van der Waals surface area (Å²) >= 11 is 1.92. The molecule has 21 heavy (non-hydrogen) atoms. The number of piperazine rings is 1. The van der Waals surface area contributed by atoms with Gasteiger partial charge in [0.2, 0.25) is 0 Å². The summed E-state index contributed by atoms with van der Waals surface area (Å²) in [7, 11) is 0. The van der Waals surface area contributed by atoms with Gasteiger partial charge in [-0.25, -0.2) is 4.98 Å². The minimum absolute atomic E-state index is 0.288. The van der Waals surface area contributed by atoms with E-state index in [9.17, 15) is 5.11 Å². The van der Waals surface area contributed by atoms with Crippen LogP contribution in [-0.2, 0) is 6.54 Å². The van der Waals surface area contributed by atoms with Crippen LogP contribution in [0.5, 0.6) is 0 Å². The number of rotatable bonds is 6. The summed E-state index contributed by atoms with van der Waals surface area (Å²) in [5.41, 5.74) is 0. The van der Waals surface area contributed by atoms with Gasteiger partial charge in [0.15, 0.2) is 0 Å². The van der Waals surface area contributed by atoms with Crippen LogP contribution in [0.4, 0.5) is 0 Å². The van der Waals surface area contributed by atoms with E-state index in [0.29, 0.717) is 6.04 Å². The van der Waals surface area contributed by atoms with Crippen LogP contribution in [-0.4, -0.2) is 58.7 Å². The number of hydrogen-bond donors (Lipinski definition) is 1. The topological polar surface area (TPSA) is 39.6 Å². The summed E-state index contributed by atoms with van der Waals surface area (Å²) in [6, 6.07) is 0.348. The lowest BCUT2D eigenvalue weighted by Crippen LogP contribution is -2.50.